The van der Waals surface area contributed by atoms with Gasteiger partial charge in [0.1, 0.15) is 5.82 Å². The quantitative estimate of drug-likeness (QED) is 0.323. The lowest BCUT2D eigenvalue weighted by Crippen LogP contribution is -2.39. The zero-order valence-corrected chi connectivity index (χ0v) is 24.3. The maximum atomic E-state index is 13.7. The van der Waals surface area contributed by atoms with E-state index in [1.54, 1.807) is 0 Å². The number of aryl methyl sites for hydroxylation is 3. The number of rotatable bonds is 5. The number of halogens is 1. The maximum Gasteiger partial charge on any atom is 0.161 e. The van der Waals surface area contributed by atoms with Gasteiger partial charge in [-0.05, 0) is 86.6 Å². The first-order valence-corrected chi connectivity index (χ1v) is 14.6. The molecule has 1 atom stereocenters. The van der Waals surface area contributed by atoms with E-state index >= 15 is 0 Å². The Balaban J connectivity index is 1.66. The van der Waals surface area contributed by atoms with Crippen molar-refractivity contribution in [1.29, 1.82) is 5.26 Å². The van der Waals surface area contributed by atoms with Gasteiger partial charge in [0.2, 0.25) is 0 Å². The molecular formula is C33H32ClN3OS. The Hall–Kier alpha value is -3.46. The highest BCUT2D eigenvalue weighted by Crippen LogP contribution is 2.48. The van der Waals surface area contributed by atoms with Gasteiger partial charge in [-0.3, -0.25) is 9.69 Å². The summed E-state index contributed by atoms with van der Waals surface area (Å²) in [5.74, 6) is 0.768. The number of nitriles is 1. The summed E-state index contributed by atoms with van der Waals surface area (Å²) in [5, 5.41) is 11.1. The molecule has 0 saturated carbocycles. The van der Waals surface area contributed by atoms with Crippen molar-refractivity contribution in [3.05, 3.63) is 116 Å². The number of allylic oxidation sites excluding steroid dienone is 3. The Labute approximate surface area is 240 Å². The van der Waals surface area contributed by atoms with Gasteiger partial charge >= 0.3 is 0 Å². The van der Waals surface area contributed by atoms with E-state index in [0.29, 0.717) is 34.8 Å². The van der Waals surface area contributed by atoms with Crippen LogP contribution in [-0.4, -0.2) is 5.78 Å². The summed E-state index contributed by atoms with van der Waals surface area (Å²) in [6, 6.07) is 20.8. The fraction of sp³-hybridized carbons (Fsp3) is 0.273. The molecule has 4 nitrogen and oxygen atoms in total. The molecule has 1 aliphatic carbocycles. The van der Waals surface area contributed by atoms with Gasteiger partial charge in [0.25, 0.3) is 0 Å². The first-order chi connectivity index (χ1) is 18.7. The average molecular weight is 554 g/mol. The van der Waals surface area contributed by atoms with Crippen molar-refractivity contribution in [3.63, 3.8) is 0 Å². The molecule has 2 aliphatic rings. The van der Waals surface area contributed by atoms with Crippen molar-refractivity contribution in [2.24, 2.45) is 5.73 Å². The van der Waals surface area contributed by atoms with Crippen LogP contribution in [0.2, 0.25) is 5.02 Å². The van der Waals surface area contributed by atoms with Crippen molar-refractivity contribution < 1.29 is 4.79 Å². The van der Waals surface area contributed by atoms with Crippen molar-refractivity contribution in [3.8, 4) is 6.07 Å². The van der Waals surface area contributed by atoms with Gasteiger partial charge in [-0.15, -0.1) is 11.8 Å². The number of thioether (sulfide) groups is 1. The summed E-state index contributed by atoms with van der Waals surface area (Å²) in [7, 11) is 0. The van der Waals surface area contributed by atoms with Gasteiger partial charge in [0, 0.05) is 33.4 Å². The minimum Gasteiger partial charge on any atom is -0.384 e. The van der Waals surface area contributed by atoms with Crippen LogP contribution in [0.25, 0.3) is 0 Å². The number of anilines is 1. The first-order valence-electron chi connectivity index (χ1n) is 13.2. The van der Waals surface area contributed by atoms with Crippen LogP contribution in [0.3, 0.4) is 0 Å². The van der Waals surface area contributed by atoms with Crippen LogP contribution >= 0.6 is 23.4 Å². The van der Waals surface area contributed by atoms with Crippen molar-refractivity contribution in [2.75, 3.05) is 4.90 Å². The molecule has 0 amide bonds. The summed E-state index contributed by atoms with van der Waals surface area (Å²) < 4.78 is 0. The van der Waals surface area contributed by atoms with Crippen molar-refractivity contribution >= 4 is 34.8 Å². The highest BCUT2D eigenvalue weighted by Gasteiger charge is 2.41. The Kier molecular flexibility index (Phi) is 7.62. The molecule has 0 aromatic heterocycles. The molecule has 3 aromatic carbocycles. The van der Waals surface area contributed by atoms with Crippen LogP contribution in [0.15, 0.2) is 82.2 Å². The van der Waals surface area contributed by atoms with Gasteiger partial charge < -0.3 is 5.73 Å². The minimum absolute atomic E-state index is 0.0860. The van der Waals surface area contributed by atoms with Crippen LogP contribution in [0.4, 0.5) is 5.69 Å². The van der Waals surface area contributed by atoms with Crippen molar-refractivity contribution in [2.45, 2.75) is 63.5 Å². The van der Waals surface area contributed by atoms with Gasteiger partial charge in [0.05, 0.1) is 23.2 Å². The van der Waals surface area contributed by atoms with Crippen LogP contribution in [0, 0.1) is 39.0 Å². The monoisotopic (exact) mass is 553 g/mol. The molecular weight excluding hydrogens is 522 g/mol. The molecule has 0 radical (unpaired) electrons. The van der Waals surface area contributed by atoms with E-state index in [1.807, 2.05) is 41.8 Å². The average Bonchev–Trinajstić information content (AvgIpc) is 2.91. The molecule has 0 saturated heterocycles. The number of Topliss-reactive ketones (excluding diaryl/α,β-unsaturated/α-hetero) is 1. The van der Waals surface area contributed by atoms with Crippen molar-refractivity contribution in [1.82, 2.24) is 0 Å². The molecule has 0 fully saturated rings. The lowest BCUT2D eigenvalue weighted by atomic mass is 9.73. The smallest absolute Gasteiger partial charge is 0.161 e. The molecule has 0 bridgehead atoms. The fourth-order valence-electron chi connectivity index (χ4n) is 5.78. The van der Waals surface area contributed by atoms with Gasteiger partial charge in [-0.1, -0.05) is 53.6 Å². The molecule has 3 aromatic rings. The Morgan fingerprint density at radius 2 is 1.82 bits per heavy atom. The summed E-state index contributed by atoms with van der Waals surface area (Å²) >= 11 is 8.20. The molecule has 0 spiro atoms. The summed E-state index contributed by atoms with van der Waals surface area (Å²) in [5.41, 5.74) is 16.3. The second-order valence-corrected chi connectivity index (χ2v) is 11.9. The second-order valence-electron chi connectivity index (χ2n) is 10.4. The number of carbonyl (C=O) groups is 1. The predicted molar refractivity (Wildman–Crippen MR) is 161 cm³/mol. The van der Waals surface area contributed by atoms with E-state index in [-0.39, 0.29) is 5.78 Å². The number of carbonyl (C=O) groups excluding carboxylic acids is 1. The van der Waals surface area contributed by atoms with Crippen LogP contribution in [0.5, 0.6) is 0 Å². The largest absolute Gasteiger partial charge is 0.384 e. The topological polar surface area (TPSA) is 70.1 Å². The van der Waals surface area contributed by atoms with E-state index in [4.69, 9.17) is 17.3 Å². The highest BCUT2D eigenvalue weighted by atomic mass is 35.5. The number of hydrogen-bond acceptors (Lipinski definition) is 5. The Morgan fingerprint density at radius 1 is 1.05 bits per heavy atom. The SMILES string of the molecule is Cc1cc(CSc2ccccc2C)c(C)c(C2C(C#N)=C(N)N(c3cc(Cl)ccc3C)C3=C2C(=O)CCC3)c1. The molecule has 5 rings (SSSR count). The molecule has 2 N–H and O–H groups in total. The Morgan fingerprint density at radius 3 is 2.56 bits per heavy atom. The third-order valence-corrected chi connectivity index (χ3v) is 9.27. The van der Waals surface area contributed by atoms with Crippen LogP contribution in [-0.2, 0) is 10.5 Å². The van der Waals surface area contributed by atoms with Gasteiger partial charge in [-0.2, -0.15) is 5.26 Å². The number of ketones is 1. The third-order valence-electron chi connectivity index (χ3n) is 7.81. The number of hydrogen-bond donors (Lipinski definition) is 1. The molecule has 1 heterocycles. The normalized spacial score (nSPS) is 17.4. The van der Waals surface area contributed by atoms with Gasteiger partial charge in [0.15, 0.2) is 5.78 Å². The molecule has 6 heteroatoms. The van der Waals surface area contributed by atoms with Crippen LogP contribution in [0.1, 0.15) is 58.6 Å². The summed E-state index contributed by atoms with van der Waals surface area (Å²) in [4.78, 5) is 16.8. The van der Waals surface area contributed by atoms with Gasteiger partial charge in [-0.25, -0.2) is 0 Å². The van der Waals surface area contributed by atoms with E-state index < -0.39 is 5.92 Å². The second kappa shape index (κ2) is 11.0. The zero-order chi connectivity index (χ0) is 27.8. The minimum atomic E-state index is -0.490. The third kappa shape index (κ3) is 5.00. The number of nitrogens with two attached hydrogens (primary N) is 1. The molecule has 1 aliphatic heterocycles. The predicted octanol–water partition coefficient (Wildman–Crippen LogP) is 8.17. The molecule has 198 valence electrons. The van der Waals surface area contributed by atoms with E-state index in [9.17, 15) is 10.1 Å². The number of nitrogens with zero attached hydrogens (tertiary/aromatic N) is 2. The number of benzene rings is 3. The summed E-state index contributed by atoms with van der Waals surface area (Å²) in [6.07, 6.45) is 1.93. The fourth-order valence-corrected chi connectivity index (χ4v) is 7.03. The maximum absolute atomic E-state index is 13.7. The molecule has 39 heavy (non-hydrogen) atoms. The molecule has 1 unspecified atom stereocenters. The van der Waals surface area contributed by atoms with E-state index in [0.717, 1.165) is 45.8 Å². The lowest BCUT2D eigenvalue weighted by molar-refractivity contribution is -0.116. The Bertz CT molecular complexity index is 1600. The van der Waals surface area contributed by atoms with Crippen LogP contribution < -0.4 is 10.6 Å². The van der Waals surface area contributed by atoms with E-state index in [2.05, 4.69) is 63.2 Å². The van der Waals surface area contributed by atoms with E-state index in [1.165, 1.54) is 16.0 Å². The highest BCUT2D eigenvalue weighted by molar-refractivity contribution is 7.98. The lowest BCUT2D eigenvalue weighted by Gasteiger charge is -2.40. The summed E-state index contributed by atoms with van der Waals surface area (Å²) in [6.45, 7) is 8.30. The first kappa shape index (κ1) is 27.1. The standard InChI is InChI=1S/C33H32ClN3OS/c1-19-14-23(18-39-30-11-6-5-8-21(30)3)22(4)25(15-19)31-26(17-35)33(36)37(27-9-7-10-29(38)32(27)31)28-16-24(34)13-12-20(28)2/h5-6,8,11-16,31H,7,9-10,18,36H2,1-4H3. The zero-order valence-electron chi connectivity index (χ0n) is 22.8.